The predicted octanol–water partition coefficient (Wildman–Crippen LogP) is 2.74. The summed E-state index contributed by atoms with van der Waals surface area (Å²) in [5.41, 5.74) is 1.62. The molecular weight excluding hydrogens is 496 g/mol. The molecule has 37 heavy (non-hydrogen) atoms. The number of fused-ring (bicyclic) bond motifs is 1. The van der Waals surface area contributed by atoms with Gasteiger partial charge >= 0.3 is 11.9 Å². The summed E-state index contributed by atoms with van der Waals surface area (Å²) in [4.78, 5) is 43.2. The number of nitrogens with zero attached hydrogens (tertiary/aromatic N) is 2. The largest absolute Gasteiger partial charge is 0.497 e. The van der Waals surface area contributed by atoms with Crippen molar-refractivity contribution in [2.75, 3.05) is 20.8 Å². The average Bonchev–Trinajstić information content (AvgIpc) is 3.16. The Balaban J connectivity index is 1.95. The van der Waals surface area contributed by atoms with E-state index in [4.69, 9.17) is 18.9 Å². The van der Waals surface area contributed by atoms with Crippen LogP contribution in [-0.2, 0) is 14.3 Å². The molecule has 0 aliphatic carbocycles. The number of benzene rings is 2. The molecule has 2 aromatic carbocycles. The van der Waals surface area contributed by atoms with E-state index >= 15 is 0 Å². The van der Waals surface area contributed by atoms with Gasteiger partial charge in [0.15, 0.2) is 4.80 Å². The molecule has 3 aromatic rings. The van der Waals surface area contributed by atoms with Gasteiger partial charge in [-0.05, 0) is 49.8 Å². The number of carbonyl (C=O) groups is 2. The zero-order valence-electron chi connectivity index (χ0n) is 21.1. The highest BCUT2D eigenvalue weighted by Crippen LogP contribution is 2.37. The summed E-state index contributed by atoms with van der Waals surface area (Å²) in [5.74, 6) is 0.390. The lowest BCUT2D eigenvalue weighted by Crippen LogP contribution is -2.40. The van der Waals surface area contributed by atoms with Crippen molar-refractivity contribution in [2.45, 2.75) is 26.8 Å². The highest BCUT2D eigenvalue weighted by Gasteiger charge is 2.35. The number of rotatable bonds is 7. The summed E-state index contributed by atoms with van der Waals surface area (Å²) in [5, 5.41) is 0. The second kappa shape index (κ2) is 10.8. The molecule has 192 valence electrons. The second-order valence-electron chi connectivity index (χ2n) is 8.08. The van der Waals surface area contributed by atoms with E-state index in [0.29, 0.717) is 43.4 Å². The topological polar surface area (TPSA) is 105 Å². The fraction of sp³-hybridized carbons (Fsp3) is 0.259. The van der Waals surface area contributed by atoms with Crippen LogP contribution < -0.4 is 29.1 Å². The maximum atomic E-state index is 13.8. The molecule has 0 radical (unpaired) electrons. The van der Waals surface area contributed by atoms with Gasteiger partial charge in [-0.15, -0.1) is 0 Å². The Labute approximate surface area is 216 Å². The van der Waals surface area contributed by atoms with E-state index in [9.17, 15) is 14.4 Å². The van der Waals surface area contributed by atoms with E-state index < -0.39 is 18.0 Å². The maximum absolute atomic E-state index is 13.8. The number of methoxy groups -OCH3 is 2. The van der Waals surface area contributed by atoms with Gasteiger partial charge in [0.05, 0.1) is 36.6 Å². The first-order valence-corrected chi connectivity index (χ1v) is 12.3. The fourth-order valence-electron chi connectivity index (χ4n) is 4.12. The highest BCUT2D eigenvalue weighted by molar-refractivity contribution is 7.07. The van der Waals surface area contributed by atoms with Gasteiger partial charge in [0.1, 0.15) is 23.3 Å². The maximum Gasteiger partial charge on any atom is 0.338 e. The van der Waals surface area contributed by atoms with Crippen LogP contribution in [0.15, 0.2) is 63.5 Å². The predicted molar refractivity (Wildman–Crippen MR) is 138 cm³/mol. The minimum absolute atomic E-state index is 0.172. The van der Waals surface area contributed by atoms with Gasteiger partial charge in [-0.3, -0.25) is 14.2 Å². The van der Waals surface area contributed by atoms with Crippen LogP contribution in [0.5, 0.6) is 17.2 Å². The van der Waals surface area contributed by atoms with Crippen LogP contribution in [0.4, 0.5) is 0 Å². The van der Waals surface area contributed by atoms with Crippen LogP contribution in [0.2, 0.25) is 0 Å². The molecule has 1 aliphatic heterocycles. The summed E-state index contributed by atoms with van der Waals surface area (Å²) >= 11 is 1.20. The lowest BCUT2D eigenvalue weighted by molar-refractivity contribution is -0.139. The van der Waals surface area contributed by atoms with Gasteiger partial charge < -0.3 is 18.9 Å². The van der Waals surface area contributed by atoms with Crippen LogP contribution in [0.3, 0.4) is 0 Å². The first-order chi connectivity index (χ1) is 17.8. The number of esters is 2. The molecule has 0 unspecified atom stereocenters. The SMILES string of the molecule is CCOC(=O)C1=C(C)N=c2s/c(=C\c3cccc(OC(C)=O)c3)c(=O)n2[C@@H]1c1ccc(OC)cc1OC. The van der Waals surface area contributed by atoms with Crippen molar-refractivity contribution in [3.63, 3.8) is 0 Å². The molecule has 0 fully saturated rings. The van der Waals surface area contributed by atoms with Crippen LogP contribution in [0.1, 0.15) is 37.9 Å². The van der Waals surface area contributed by atoms with Crippen LogP contribution in [-0.4, -0.2) is 37.3 Å². The fourth-order valence-corrected chi connectivity index (χ4v) is 5.16. The number of thiazole rings is 1. The van der Waals surface area contributed by atoms with E-state index in [2.05, 4.69) is 4.99 Å². The number of ether oxygens (including phenoxy) is 4. The molecule has 0 saturated carbocycles. The van der Waals surface area contributed by atoms with Gasteiger partial charge in [0.25, 0.3) is 5.56 Å². The van der Waals surface area contributed by atoms with E-state index in [1.165, 1.54) is 29.9 Å². The molecule has 1 atom stereocenters. The molecule has 4 rings (SSSR count). The Hall–Kier alpha value is -4.18. The van der Waals surface area contributed by atoms with Crippen LogP contribution >= 0.6 is 11.3 Å². The molecule has 0 spiro atoms. The Morgan fingerprint density at radius 3 is 2.57 bits per heavy atom. The first kappa shape index (κ1) is 25.9. The van der Waals surface area contributed by atoms with Crippen molar-refractivity contribution in [3.05, 3.63) is 84.5 Å². The Bertz CT molecular complexity index is 1580. The van der Waals surface area contributed by atoms with E-state index in [-0.39, 0.29) is 17.7 Å². The Morgan fingerprint density at radius 1 is 1.11 bits per heavy atom. The van der Waals surface area contributed by atoms with Crippen molar-refractivity contribution >= 4 is 29.4 Å². The van der Waals surface area contributed by atoms with Gasteiger partial charge in [-0.2, -0.15) is 0 Å². The van der Waals surface area contributed by atoms with Crippen LogP contribution in [0.25, 0.3) is 6.08 Å². The monoisotopic (exact) mass is 522 g/mol. The molecule has 1 aromatic heterocycles. The Morgan fingerprint density at radius 2 is 1.89 bits per heavy atom. The summed E-state index contributed by atoms with van der Waals surface area (Å²) in [6.45, 7) is 4.93. The molecule has 0 bridgehead atoms. The molecule has 9 nitrogen and oxygen atoms in total. The number of aromatic nitrogens is 1. The summed E-state index contributed by atoms with van der Waals surface area (Å²) in [6, 6.07) is 11.2. The lowest BCUT2D eigenvalue weighted by Gasteiger charge is -2.26. The van der Waals surface area contributed by atoms with Crippen molar-refractivity contribution < 1.29 is 28.5 Å². The molecule has 2 heterocycles. The third-order valence-electron chi connectivity index (χ3n) is 5.67. The van der Waals surface area contributed by atoms with Crippen molar-refractivity contribution in [3.8, 4) is 17.2 Å². The first-order valence-electron chi connectivity index (χ1n) is 11.5. The van der Waals surface area contributed by atoms with E-state index in [0.717, 1.165) is 0 Å². The van der Waals surface area contributed by atoms with Crippen molar-refractivity contribution in [1.29, 1.82) is 0 Å². The van der Waals surface area contributed by atoms with E-state index in [1.807, 2.05) is 0 Å². The number of hydrogen-bond donors (Lipinski definition) is 0. The lowest BCUT2D eigenvalue weighted by atomic mass is 9.95. The highest BCUT2D eigenvalue weighted by atomic mass is 32.1. The van der Waals surface area contributed by atoms with Crippen molar-refractivity contribution in [2.24, 2.45) is 4.99 Å². The van der Waals surface area contributed by atoms with Crippen molar-refractivity contribution in [1.82, 2.24) is 4.57 Å². The second-order valence-corrected chi connectivity index (χ2v) is 9.09. The third-order valence-corrected chi connectivity index (χ3v) is 6.65. The molecule has 1 aliphatic rings. The standard InChI is InChI=1S/C27H26N2O7S/c1-6-35-26(32)23-15(2)28-27-29(24(23)20-11-10-18(33-4)14-21(20)34-5)25(31)22(37-27)13-17-8-7-9-19(12-17)36-16(3)30/h7-14,24H,6H2,1-5H3/b22-13-/t24-/m1/s1. The van der Waals surface area contributed by atoms with Gasteiger partial charge in [-0.1, -0.05) is 23.5 Å². The van der Waals surface area contributed by atoms with Gasteiger partial charge in [-0.25, -0.2) is 9.79 Å². The summed E-state index contributed by atoms with van der Waals surface area (Å²) in [6.07, 6.45) is 1.70. The summed E-state index contributed by atoms with van der Waals surface area (Å²) < 4.78 is 23.3. The van der Waals surface area contributed by atoms with Gasteiger partial charge in [0.2, 0.25) is 0 Å². The normalized spacial score (nSPS) is 15.1. The van der Waals surface area contributed by atoms with Gasteiger partial charge in [0, 0.05) is 18.6 Å². The molecular formula is C27H26N2O7S. The van der Waals surface area contributed by atoms with E-state index in [1.54, 1.807) is 69.5 Å². The average molecular weight is 523 g/mol. The number of hydrogen-bond acceptors (Lipinski definition) is 9. The molecule has 10 heteroatoms. The minimum atomic E-state index is -0.828. The quantitative estimate of drug-likeness (QED) is 0.347. The number of carbonyl (C=O) groups excluding carboxylic acids is 2. The number of allylic oxidation sites excluding steroid dienone is 1. The Kier molecular flexibility index (Phi) is 7.58. The molecule has 0 amide bonds. The zero-order valence-corrected chi connectivity index (χ0v) is 21.9. The minimum Gasteiger partial charge on any atom is -0.497 e. The third kappa shape index (κ3) is 5.19. The smallest absolute Gasteiger partial charge is 0.338 e. The molecule has 0 saturated heterocycles. The van der Waals surface area contributed by atoms with Crippen LogP contribution in [0, 0.1) is 0 Å². The molecule has 0 N–H and O–H groups in total. The zero-order chi connectivity index (χ0) is 26.7. The summed E-state index contributed by atoms with van der Waals surface area (Å²) in [7, 11) is 3.06.